The van der Waals surface area contributed by atoms with Crippen LogP contribution >= 0.6 is 0 Å². The topological polar surface area (TPSA) is 58.2 Å². The highest BCUT2D eigenvalue weighted by Gasteiger charge is 2.34. The number of hydrogen-bond acceptors (Lipinski definition) is 2. The fraction of sp³-hybridized carbons (Fsp3) is 0.556. The van der Waals surface area contributed by atoms with Gasteiger partial charge in [-0.05, 0) is 48.8 Å². The number of hydrogen-bond donors (Lipinski definition) is 2. The van der Waals surface area contributed by atoms with E-state index >= 15 is 0 Å². The van der Waals surface area contributed by atoms with Crippen LogP contribution in [0.3, 0.4) is 0 Å². The number of benzene rings is 1. The fourth-order valence-electron chi connectivity index (χ4n) is 3.67. The van der Waals surface area contributed by atoms with E-state index in [1.54, 1.807) is 0 Å². The van der Waals surface area contributed by atoms with Crippen molar-refractivity contribution in [2.45, 2.75) is 52.3 Å². The summed E-state index contributed by atoms with van der Waals surface area (Å²) in [5, 5.41) is 4.92. The van der Waals surface area contributed by atoms with Gasteiger partial charge in [-0.1, -0.05) is 26.8 Å². The first-order valence-electron chi connectivity index (χ1n) is 8.25. The molecule has 25 heavy (non-hydrogen) atoms. The summed E-state index contributed by atoms with van der Waals surface area (Å²) < 4.78 is 38.1. The third-order valence-corrected chi connectivity index (χ3v) is 4.38. The van der Waals surface area contributed by atoms with Crippen molar-refractivity contribution in [2.24, 2.45) is 11.3 Å². The van der Waals surface area contributed by atoms with Gasteiger partial charge in [0.15, 0.2) is 0 Å². The molecule has 7 heteroatoms. The van der Waals surface area contributed by atoms with Crippen LogP contribution in [0.25, 0.3) is 0 Å². The van der Waals surface area contributed by atoms with Gasteiger partial charge in [-0.3, -0.25) is 9.59 Å². The smallest absolute Gasteiger partial charge is 0.345 e. The number of carbonyl (C=O) groups excluding carboxylic acids is 2. The summed E-state index contributed by atoms with van der Waals surface area (Å²) in [4.78, 5) is 24.1. The number of alkyl halides is 3. The Morgan fingerprint density at radius 1 is 1.16 bits per heavy atom. The van der Waals surface area contributed by atoms with Crippen LogP contribution in [0.2, 0.25) is 0 Å². The van der Waals surface area contributed by atoms with Crippen molar-refractivity contribution in [3.8, 4) is 0 Å². The Morgan fingerprint density at radius 3 is 2.44 bits per heavy atom. The van der Waals surface area contributed by atoms with Crippen molar-refractivity contribution in [2.75, 3.05) is 5.32 Å². The van der Waals surface area contributed by atoms with Crippen molar-refractivity contribution in [3.63, 3.8) is 0 Å². The molecular weight excluding hydrogens is 333 g/mol. The monoisotopic (exact) mass is 356 g/mol. The van der Waals surface area contributed by atoms with Gasteiger partial charge < -0.3 is 10.6 Å². The Hall–Kier alpha value is -2.05. The lowest BCUT2D eigenvalue weighted by molar-refractivity contribution is -0.137. The van der Waals surface area contributed by atoms with Crippen molar-refractivity contribution >= 4 is 17.5 Å². The van der Waals surface area contributed by atoms with Gasteiger partial charge in [-0.15, -0.1) is 0 Å². The summed E-state index contributed by atoms with van der Waals surface area (Å²) in [5.74, 6) is -1.36. The molecule has 0 saturated heterocycles. The van der Waals surface area contributed by atoms with E-state index in [9.17, 15) is 22.8 Å². The molecule has 0 aliphatic heterocycles. The SMILES string of the molecule is C[C@@H]1C[C@@H](NC(=O)C(=O)Nc2cccc(C(F)(F)F)c2)CC(C)(C)C1. The normalized spacial score (nSPS) is 23.0. The molecule has 1 aromatic rings. The Labute approximate surface area is 145 Å². The van der Waals surface area contributed by atoms with Gasteiger partial charge in [0.25, 0.3) is 0 Å². The Bertz CT molecular complexity index is 656. The van der Waals surface area contributed by atoms with Gasteiger partial charge >= 0.3 is 18.0 Å². The van der Waals surface area contributed by atoms with E-state index in [-0.39, 0.29) is 17.1 Å². The van der Waals surface area contributed by atoms with Crippen LogP contribution in [0.4, 0.5) is 18.9 Å². The molecule has 1 aliphatic carbocycles. The molecule has 0 aromatic heterocycles. The molecule has 4 nitrogen and oxygen atoms in total. The van der Waals surface area contributed by atoms with Gasteiger partial charge in [-0.2, -0.15) is 13.2 Å². The average Bonchev–Trinajstić information content (AvgIpc) is 2.44. The van der Waals surface area contributed by atoms with E-state index < -0.39 is 23.6 Å². The maximum absolute atomic E-state index is 12.7. The fourth-order valence-corrected chi connectivity index (χ4v) is 3.67. The number of rotatable bonds is 2. The number of carbonyl (C=O) groups is 2. The van der Waals surface area contributed by atoms with Crippen molar-refractivity contribution in [1.29, 1.82) is 0 Å². The second kappa shape index (κ2) is 7.06. The molecule has 0 unspecified atom stereocenters. The van der Waals surface area contributed by atoms with E-state index in [0.29, 0.717) is 5.92 Å². The summed E-state index contributed by atoms with van der Waals surface area (Å²) in [6.07, 6.45) is -1.91. The lowest BCUT2D eigenvalue weighted by Gasteiger charge is -2.39. The van der Waals surface area contributed by atoms with Gasteiger partial charge in [0.1, 0.15) is 0 Å². The largest absolute Gasteiger partial charge is 0.416 e. The zero-order chi connectivity index (χ0) is 18.8. The highest BCUT2D eigenvalue weighted by Crippen LogP contribution is 2.38. The van der Waals surface area contributed by atoms with E-state index in [1.165, 1.54) is 12.1 Å². The molecule has 0 radical (unpaired) electrons. The van der Waals surface area contributed by atoms with Gasteiger partial charge in [0, 0.05) is 11.7 Å². The van der Waals surface area contributed by atoms with Crippen LogP contribution in [-0.4, -0.2) is 17.9 Å². The third-order valence-electron chi connectivity index (χ3n) is 4.38. The molecule has 0 bridgehead atoms. The van der Waals surface area contributed by atoms with Crippen molar-refractivity contribution in [1.82, 2.24) is 5.32 Å². The Kier molecular flexibility index (Phi) is 5.44. The lowest BCUT2D eigenvalue weighted by Crippen LogP contribution is -2.46. The first-order valence-corrected chi connectivity index (χ1v) is 8.25. The van der Waals surface area contributed by atoms with E-state index in [4.69, 9.17) is 0 Å². The van der Waals surface area contributed by atoms with Gasteiger partial charge in [0.2, 0.25) is 0 Å². The number of anilines is 1. The minimum absolute atomic E-state index is 0.0627. The Morgan fingerprint density at radius 2 is 1.84 bits per heavy atom. The zero-order valence-electron chi connectivity index (χ0n) is 14.5. The maximum Gasteiger partial charge on any atom is 0.416 e. The maximum atomic E-state index is 12.7. The molecule has 2 atom stereocenters. The molecule has 0 heterocycles. The highest BCUT2D eigenvalue weighted by atomic mass is 19.4. The van der Waals surface area contributed by atoms with Crippen molar-refractivity contribution in [3.05, 3.63) is 29.8 Å². The van der Waals surface area contributed by atoms with Crippen LogP contribution < -0.4 is 10.6 Å². The van der Waals surface area contributed by atoms with Gasteiger partial charge in [0.05, 0.1) is 5.56 Å². The van der Waals surface area contributed by atoms with Crippen LogP contribution in [0.1, 0.15) is 45.6 Å². The number of nitrogens with one attached hydrogen (secondary N) is 2. The molecule has 2 N–H and O–H groups in total. The summed E-state index contributed by atoms with van der Waals surface area (Å²) >= 11 is 0. The quantitative estimate of drug-likeness (QED) is 0.788. The van der Waals surface area contributed by atoms with E-state index in [2.05, 4.69) is 31.4 Å². The molecule has 0 spiro atoms. The average molecular weight is 356 g/mol. The van der Waals surface area contributed by atoms with E-state index in [1.807, 2.05) is 0 Å². The second-order valence-corrected chi connectivity index (χ2v) is 7.62. The Balaban J connectivity index is 1.98. The summed E-state index contributed by atoms with van der Waals surface area (Å²) in [6.45, 7) is 6.33. The highest BCUT2D eigenvalue weighted by molar-refractivity contribution is 6.39. The summed E-state index contributed by atoms with van der Waals surface area (Å²) in [7, 11) is 0. The second-order valence-electron chi connectivity index (χ2n) is 7.62. The molecule has 1 fully saturated rings. The van der Waals surface area contributed by atoms with Crippen LogP contribution in [0.5, 0.6) is 0 Å². The molecule has 1 saturated carbocycles. The third kappa shape index (κ3) is 5.47. The van der Waals surface area contributed by atoms with Crippen LogP contribution in [-0.2, 0) is 15.8 Å². The summed E-state index contributed by atoms with van der Waals surface area (Å²) in [5.41, 5.74) is -0.867. The standard InChI is InChI=1S/C18H23F3N2O2/c1-11-7-14(10-17(2,3)9-11)23-16(25)15(24)22-13-6-4-5-12(8-13)18(19,20)21/h4-6,8,11,14H,7,9-10H2,1-3H3,(H,22,24)(H,23,25)/t11-,14-/m1/s1. The molecular formula is C18H23F3N2O2. The molecule has 2 rings (SSSR count). The molecule has 1 aromatic carbocycles. The predicted octanol–water partition coefficient (Wildman–Crippen LogP) is 3.97. The first kappa shape index (κ1) is 19.3. The number of amides is 2. The van der Waals surface area contributed by atoms with Crippen LogP contribution in [0, 0.1) is 11.3 Å². The van der Waals surface area contributed by atoms with Crippen LogP contribution in [0.15, 0.2) is 24.3 Å². The van der Waals surface area contributed by atoms with Crippen molar-refractivity contribution < 1.29 is 22.8 Å². The zero-order valence-corrected chi connectivity index (χ0v) is 14.5. The predicted molar refractivity (Wildman–Crippen MR) is 88.8 cm³/mol. The first-order chi connectivity index (χ1) is 11.5. The minimum atomic E-state index is -4.51. The minimum Gasteiger partial charge on any atom is -0.345 e. The molecule has 1 aliphatic rings. The number of halogens is 3. The van der Waals surface area contributed by atoms with Gasteiger partial charge in [-0.25, -0.2) is 0 Å². The lowest BCUT2D eigenvalue weighted by atomic mass is 9.70. The molecule has 138 valence electrons. The summed E-state index contributed by atoms with van der Waals surface area (Å²) in [6, 6.07) is 4.09. The van der Waals surface area contributed by atoms with E-state index in [0.717, 1.165) is 31.4 Å². The molecule has 2 amide bonds.